The van der Waals surface area contributed by atoms with Crippen molar-refractivity contribution in [3.8, 4) is 0 Å². The standard InChI is InChI=1S/C12H16N2/c1-2-10-5-3-4-6-11(10)9-12-13-7-8-14-12/h3-6H,2,7-9H2,1H3,(H,13,14). The van der Waals surface area contributed by atoms with Gasteiger partial charge in [0.25, 0.3) is 0 Å². The Labute approximate surface area is 85.1 Å². The Kier molecular flexibility index (Phi) is 2.82. The van der Waals surface area contributed by atoms with Gasteiger partial charge in [-0.25, -0.2) is 0 Å². The Morgan fingerprint density at radius 2 is 2.07 bits per heavy atom. The maximum Gasteiger partial charge on any atom is 0.101 e. The van der Waals surface area contributed by atoms with Crippen molar-refractivity contribution in [2.45, 2.75) is 19.8 Å². The molecule has 1 N–H and O–H groups in total. The highest BCUT2D eigenvalue weighted by Crippen LogP contribution is 2.11. The summed E-state index contributed by atoms with van der Waals surface area (Å²) in [6.07, 6.45) is 2.06. The molecule has 0 aliphatic carbocycles. The number of nitrogens with zero attached hydrogens (tertiary/aromatic N) is 1. The Bertz CT molecular complexity index is 342. The largest absolute Gasteiger partial charge is 0.372 e. The number of amidine groups is 1. The van der Waals surface area contributed by atoms with Crippen LogP contribution in [0.25, 0.3) is 0 Å². The number of aliphatic imine (C=N–C) groups is 1. The van der Waals surface area contributed by atoms with Crippen LogP contribution in [0.3, 0.4) is 0 Å². The summed E-state index contributed by atoms with van der Waals surface area (Å²) >= 11 is 0. The van der Waals surface area contributed by atoms with Gasteiger partial charge in [-0.15, -0.1) is 0 Å². The molecule has 0 fully saturated rings. The normalized spacial score (nSPS) is 15.1. The summed E-state index contributed by atoms with van der Waals surface area (Å²) in [5.41, 5.74) is 2.84. The van der Waals surface area contributed by atoms with Crippen molar-refractivity contribution in [3.63, 3.8) is 0 Å². The topological polar surface area (TPSA) is 24.4 Å². The molecule has 0 spiro atoms. The van der Waals surface area contributed by atoms with E-state index in [9.17, 15) is 0 Å². The van der Waals surface area contributed by atoms with Crippen molar-refractivity contribution < 1.29 is 0 Å². The van der Waals surface area contributed by atoms with Crippen LogP contribution < -0.4 is 5.32 Å². The van der Waals surface area contributed by atoms with Crippen LogP contribution >= 0.6 is 0 Å². The van der Waals surface area contributed by atoms with Gasteiger partial charge in [-0.1, -0.05) is 31.2 Å². The van der Waals surface area contributed by atoms with Crippen LogP contribution in [0.5, 0.6) is 0 Å². The van der Waals surface area contributed by atoms with Crippen LogP contribution in [0.4, 0.5) is 0 Å². The molecule has 0 aromatic heterocycles. The minimum Gasteiger partial charge on any atom is -0.372 e. The quantitative estimate of drug-likeness (QED) is 0.768. The highest BCUT2D eigenvalue weighted by atomic mass is 15.1. The molecule has 2 rings (SSSR count). The third-order valence-corrected chi connectivity index (χ3v) is 2.60. The first kappa shape index (κ1) is 9.25. The van der Waals surface area contributed by atoms with Crippen molar-refractivity contribution in [1.29, 1.82) is 0 Å². The number of aryl methyl sites for hydroxylation is 1. The fourth-order valence-electron chi connectivity index (χ4n) is 1.82. The number of benzene rings is 1. The van der Waals surface area contributed by atoms with Crippen LogP contribution in [0.1, 0.15) is 18.1 Å². The first-order valence-electron chi connectivity index (χ1n) is 5.24. The summed E-state index contributed by atoms with van der Waals surface area (Å²) in [4.78, 5) is 4.41. The maximum atomic E-state index is 4.41. The molecule has 0 amide bonds. The van der Waals surface area contributed by atoms with Crippen molar-refractivity contribution in [2.24, 2.45) is 4.99 Å². The fraction of sp³-hybridized carbons (Fsp3) is 0.417. The monoisotopic (exact) mass is 188 g/mol. The summed E-state index contributed by atoms with van der Waals surface area (Å²) in [5, 5.41) is 3.31. The van der Waals surface area contributed by atoms with Gasteiger partial charge in [0, 0.05) is 13.0 Å². The van der Waals surface area contributed by atoms with Gasteiger partial charge in [0.2, 0.25) is 0 Å². The van der Waals surface area contributed by atoms with E-state index in [1.165, 1.54) is 11.1 Å². The highest BCUT2D eigenvalue weighted by molar-refractivity contribution is 5.85. The zero-order valence-corrected chi connectivity index (χ0v) is 8.59. The van der Waals surface area contributed by atoms with E-state index >= 15 is 0 Å². The lowest BCUT2D eigenvalue weighted by Gasteiger charge is -2.07. The van der Waals surface area contributed by atoms with Crippen LogP contribution in [0.2, 0.25) is 0 Å². The molecule has 0 unspecified atom stereocenters. The van der Waals surface area contributed by atoms with Gasteiger partial charge in [-0.05, 0) is 17.5 Å². The smallest absolute Gasteiger partial charge is 0.101 e. The van der Waals surface area contributed by atoms with Gasteiger partial charge in [0.15, 0.2) is 0 Å². The van der Waals surface area contributed by atoms with Crippen molar-refractivity contribution in [2.75, 3.05) is 13.1 Å². The Balaban J connectivity index is 2.15. The first-order valence-corrected chi connectivity index (χ1v) is 5.24. The summed E-state index contributed by atoms with van der Waals surface area (Å²) < 4.78 is 0. The molecule has 1 aliphatic rings. The Hall–Kier alpha value is -1.31. The van der Waals surface area contributed by atoms with Gasteiger partial charge in [-0.3, -0.25) is 4.99 Å². The van der Waals surface area contributed by atoms with Crippen molar-refractivity contribution in [1.82, 2.24) is 5.32 Å². The summed E-state index contributed by atoms with van der Waals surface area (Å²) in [7, 11) is 0. The van der Waals surface area contributed by atoms with E-state index in [4.69, 9.17) is 0 Å². The summed E-state index contributed by atoms with van der Waals surface area (Å²) in [5.74, 6) is 1.14. The predicted octanol–water partition coefficient (Wildman–Crippen LogP) is 1.79. The number of rotatable bonds is 3. The van der Waals surface area contributed by atoms with E-state index in [-0.39, 0.29) is 0 Å². The molecule has 14 heavy (non-hydrogen) atoms. The molecule has 2 nitrogen and oxygen atoms in total. The molecule has 1 heterocycles. The third kappa shape index (κ3) is 1.95. The SMILES string of the molecule is CCc1ccccc1CC1=NCCN1. The molecular formula is C12H16N2. The minimum atomic E-state index is 0.934. The Morgan fingerprint density at radius 3 is 2.71 bits per heavy atom. The molecule has 0 radical (unpaired) electrons. The molecule has 74 valence electrons. The van der Waals surface area contributed by atoms with Gasteiger partial charge >= 0.3 is 0 Å². The zero-order valence-electron chi connectivity index (χ0n) is 8.59. The molecule has 2 heteroatoms. The number of nitrogens with one attached hydrogen (secondary N) is 1. The van der Waals surface area contributed by atoms with Gasteiger partial charge in [0.1, 0.15) is 5.84 Å². The van der Waals surface area contributed by atoms with E-state index in [1.807, 2.05) is 0 Å². The number of hydrogen-bond donors (Lipinski definition) is 1. The lowest BCUT2D eigenvalue weighted by Crippen LogP contribution is -2.21. The predicted molar refractivity (Wildman–Crippen MR) is 59.8 cm³/mol. The Morgan fingerprint density at radius 1 is 1.29 bits per heavy atom. The second-order valence-electron chi connectivity index (χ2n) is 3.55. The zero-order chi connectivity index (χ0) is 9.80. The molecular weight excluding hydrogens is 172 g/mol. The van der Waals surface area contributed by atoms with E-state index in [2.05, 4.69) is 41.5 Å². The van der Waals surface area contributed by atoms with Gasteiger partial charge in [-0.2, -0.15) is 0 Å². The van der Waals surface area contributed by atoms with E-state index < -0.39 is 0 Å². The van der Waals surface area contributed by atoms with Crippen molar-refractivity contribution in [3.05, 3.63) is 35.4 Å². The number of hydrogen-bond acceptors (Lipinski definition) is 2. The third-order valence-electron chi connectivity index (χ3n) is 2.60. The molecule has 0 atom stereocenters. The maximum absolute atomic E-state index is 4.41. The first-order chi connectivity index (χ1) is 6.90. The van der Waals surface area contributed by atoms with Crippen LogP contribution in [-0.4, -0.2) is 18.9 Å². The molecule has 0 bridgehead atoms. The van der Waals surface area contributed by atoms with E-state index in [1.54, 1.807) is 0 Å². The molecule has 1 aromatic carbocycles. The molecule has 1 aromatic rings. The van der Waals surface area contributed by atoms with Crippen molar-refractivity contribution >= 4 is 5.84 Å². The fourth-order valence-corrected chi connectivity index (χ4v) is 1.82. The molecule has 0 saturated heterocycles. The van der Waals surface area contributed by atoms with Gasteiger partial charge < -0.3 is 5.32 Å². The summed E-state index contributed by atoms with van der Waals surface area (Å²) in [6, 6.07) is 8.60. The van der Waals surface area contributed by atoms with Crippen LogP contribution in [0.15, 0.2) is 29.3 Å². The van der Waals surface area contributed by atoms with E-state index in [0.29, 0.717) is 0 Å². The summed E-state index contributed by atoms with van der Waals surface area (Å²) in [6.45, 7) is 4.13. The second kappa shape index (κ2) is 4.27. The molecule has 1 aliphatic heterocycles. The second-order valence-corrected chi connectivity index (χ2v) is 3.55. The van der Waals surface area contributed by atoms with Gasteiger partial charge in [0.05, 0.1) is 6.54 Å². The molecule has 0 saturated carbocycles. The lowest BCUT2D eigenvalue weighted by atomic mass is 10.0. The minimum absolute atomic E-state index is 0.934. The average Bonchev–Trinajstić information content (AvgIpc) is 2.71. The lowest BCUT2D eigenvalue weighted by molar-refractivity contribution is 0.951. The van der Waals surface area contributed by atoms with Crippen LogP contribution in [0, 0.1) is 0 Å². The van der Waals surface area contributed by atoms with E-state index in [0.717, 1.165) is 31.8 Å². The van der Waals surface area contributed by atoms with Crippen LogP contribution in [-0.2, 0) is 12.8 Å². The highest BCUT2D eigenvalue weighted by Gasteiger charge is 2.07. The average molecular weight is 188 g/mol.